The van der Waals surface area contributed by atoms with Gasteiger partial charge in [-0.1, -0.05) is 35.3 Å². The highest BCUT2D eigenvalue weighted by Gasteiger charge is 2.15. The quantitative estimate of drug-likeness (QED) is 0.664. The predicted molar refractivity (Wildman–Crippen MR) is 76.8 cm³/mol. The van der Waals surface area contributed by atoms with Crippen LogP contribution in [0.4, 0.5) is 4.39 Å². The zero-order valence-corrected chi connectivity index (χ0v) is 11.8. The highest BCUT2D eigenvalue weighted by Crippen LogP contribution is 2.29. The fourth-order valence-electron chi connectivity index (χ4n) is 2.01. The Balaban J connectivity index is 2.46. The van der Waals surface area contributed by atoms with Gasteiger partial charge in [0.1, 0.15) is 5.82 Å². The Hall–Kier alpha value is -1.13. The van der Waals surface area contributed by atoms with Crippen molar-refractivity contribution in [1.29, 1.82) is 0 Å². The third-order valence-corrected chi connectivity index (χ3v) is 3.58. The van der Waals surface area contributed by atoms with E-state index in [1.807, 2.05) is 13.0 Å². The van der Waals surface area contributed by atoms with Gasteiger partial charge in [-0.15, -0.1) is 0 Å². The Kier molecular flexibility index (Phi) is 4.42. The Morgan fingerprint density at radius 2 is 1.79 bits per heavy atom. The molecule has 1 atom stereocenters. The van der Waals surface area contributed by atoms with Crippen LogP contribution in [0.5, 0.6) is 0 Å². The van der Waals surface area contributed by atoms with Gasteiger partial charge in [-0.05, 0) is 47.9 Å². The summed E-state index contributed by atoms with van der Waals surface area (Å²) < 4.78 is 13.5. The molecule has 2 rings (SSSR count). The van der Waals surface area contributed by atoms with Gasteiger partial charge in [-0.3, -0.25) is 5.84 Å². The molecule has 2 nitrogen and oxygen atoms in total. The van der Waals surface area contributed by atoms with E-state index >= 15 is 0 Å². The molecule has 100 valence electrons. The van der Waals surface area contributed by atoms with E-state index in [4.69, 9.17) is 29.0 Å². The third-order valence-electron chi connectivity index (χ3n) is 2.84. The van der Waals surface area contributed by atoms with Crippen molar-refractivity contribution in [1.82, 2.24) is 5.43 Å². The van der Waals surface area contributed by atoms with E-state index in [2.05, 4.69) is 5.43 Å². The molecular formula is C14H13Cl2FN2. The molecule has 0 spiro atoms. The van der Waals surface area contributed by atoms with Gasteiger partial charge in [0, 0.05) is 0 Å². The molecule has 2 aromatic carbocycles. The number of nitrogens with one attached hydrogen (secondary N) is 1. The largest absolute Gasteiger partial charge is 0.271 e. The van der Waals surface area contributed by atoms with E-state index in [0.29, 0.717) is 10.0 Å². The van der Waals surface area contributed by atoms with E-state index in [1.54, 1.807) is 18.2 Å². The van der Waals surface area contributed by atoms with Crippen molar-refractivity contribution in [2.24, 2.45) is 5.84 Å². The van der Waals surface area contributed by atoms with E-state index in [9.17, 15) is 4.39 Å². The summed E-state index contributed by atoms with van der Waals surface area (Å²) in [6.45, 7) is 1.83. The maximum Gasteiger partial charge on any atom is 0.123 e. The zero-order valence-electron chi connectivity index (χ0n) is 10.3. The average molecular weight is 299 g/mol. The summed E-state index contributed by atoms with van der Waals surface area (Å²) in [5.74, 6) is 5.28. The van der Waals surface area contributed by atoms with Crippen LogP contribution in [-0.2, 0) is 0 Å². The highest BCUT2D eigenvalue weighted by atomic mass is 35.5. The molecule has 1 unspecified atom stereocenters. The van der Waals surface area contributed by atoms with Crippen molar-refractivity contribution in [2.45, 2.75) is 13.0 Å². The van der Waals surface area contributed by atoms with Crippen LogP contribution in [0.2, 0.25) is 10.0 Å². The molecule has 0 aliphatic rings. The summed E-state index contributed by atoms with van der Waals surface area (Å²) in [7, 11) is 0. The van der Waals surface area contributed by atoms with Crippen molar-refractivity contribution in [3.8, 4) is 0 Å². The molecule has 0 fully saturated rings. The van der Waals surface area contributed by atoms with Crippen LogP contribution in [0, 0.1) is 12.7 Å². The molecule has 0 radical (unpaired) electrons. The normalized spacial score (nSPS) is 12.5. The van der Waals surface area contributed by atoms with Crippen molar-refractivity contribution < 1.29 is 4.39 Å². The molecule has 0 heterocycles. The van der Waals surface area contributed by atoms with Gasteiger partial charge in [-0.2, -0.15) is 0 Å². The first kappa shape index (κ1) is 14.3. The van der Waals surface area contributed by atoms with Crippen LogP contribution in [0.25, 0.3) is 0 Å². The molecule has 2 aromatic rings. The lowest BCUT2D eigenvalue weighted by Crippen LogP contribution is -2.29. The van der Waals surface area contributed by atoms with Gasteiger partial charge in [0.2, 0.25) is 0 Å². The molecule has 3 N–H and O–H groups in total. The lowest BCUT2D eigenvalue weighted by atomic mass is 9.98. The van der Waals surface area contributed by atoms with Gasteiger partial charge in [0.15, 0.2) is 0 Å². The van der Waals surface area contributed by atoms with E-state index in [-0.39, 0.29) is 11.9 Å². The number of halogens is 3. The van der Waals surface area contributed by atoms with Crippen LogP contribution >= 0.6 is 23.2 Å². The Bertz CT molecular complexity index is 582. The maximum absolute atomic E-state index is 13.5. The molecule has 5 heteroatoms. The van der Waals surface area contributed by atoms with Crippen molar-refractivity contribution in [2.75, 3.05) is 0 Å². The number of aryl methyl sites for hydroxylation is 1. The first-order chi connectivity index (χ1) is 9.01. The Morgan fingerprint density at radius 3 is 2.37 bits per heavy atom. The number of nitrogens with two attached hydrogens (primary N) is 1. The second-order valence-electron chi connectivity index (χ2n) is 4.34. The highest BCUT2D eigenvalue weighted by molar-refractivity contribution is 6.42. The molecule has 0 aliphatic heterocycles. The smallest absolute Gasteiger partial charge is 0.123 e. The van der Waals surface area contributed by atoms with Crippen LogP contribution in [0.3, 0.4) is 0 Å². The topological polar surface area (TPSA) is 38.0 Å². The monoisotopic (exact) mass is 298 g/mol. The summed E-state index contributed by atoms with van der Waals surface area (Å²) in [5, 5.41) is 0.907. The first-order valence-corrected chi connectivity index (χ1v) is 6.45. The zero-order chi connectivity index (χ0) is 14.0. The van der Waals surface area contributed by atoms with Crippen molar-refractivity contribution in [3.05, 3.63) is 69.0 Å². The fraction of sp³-hybridized carbons (Fsp3) is 0.143. The standard InChI is InChI=1S/C14H13Cl2FN2/c1-8-4-10(6-11(17)5-8)14(19-18)9-2-3-12(15)13(16)7-9/h2-7,14,19H,18H2,1H3. The van der Waals surface area contributed by atoms with Crippen LogP contribution < -0.4 is 11.3 Å². The lowest BCUT2D eigenvalue weighted by molar-refractivity contribution is 0.604. The lowest BCUT2D eigenvalue weighted by Gasteiger charge is -2.18. The van der Waals surface area contributed by atoms with E-state index in [0.717, 1.165) is 16.7 Å². The molecule has 0 amide bonds. The number of hydrazine groups is 1. The minimum absolute atomic E-state index is 0.296. The Morgan fingerprint density at radius 1 is 1.05 bits per heavy atom. The number of benzene rings is 2. The molecule has 0 bridgehead atoms. The molecule has 19 heavy (non-hydrogen) atoms. The van der Waals surface area contributed by atoms with Crippen LogP contribution in [-0.4, -0.2) is 0 Å². The number of rotatable bonds is 3. The molecule has 0 aromatic heterocycles. The first-order valence-electron chi connectivity index (χ1n) is 5.69. The molecule has 0 saturated heterocycles. The summed E-state index contributed by atoms with van der Waals surface area (Å²) in [5.41, 5.74) is 5.05. The predicted octanol–water partition coefficient (Wildman–Crippen LogP) is 3.99. The number of hydrogen-bond acceptors (Lipinski definition) is 2. The van der Waals surface area contributed by atoms with Crippen LogP contribution in [0.15, 0.2) is 36.4 Å². The summed E-state index contributed by atoms with van der Waals surface area (Å²) in [4.78, 5) is 0. The Labute approximate surface area is 121 Å². The second-order valence-corrected chi connectivity index (χ2v) is 5.15. The fourth-order valence-corrected chi connectivity index (χ4v) is 2.31. The third kappa shape index (κ3) is 3.25. The molecular weight excluding hydrogens is 286 g/mol. The minimum Gasteiger partial charge on any atom is -0.271 e. The SMILES string of the molecule is Cc1cc(F)cc(C(NN)c2ccc(Cl)c(Cl)c2)c1. The summed E-state index contributed by atoms with van der Waals surface area (Å²) in [6.07, 6.45) is 0. The second kappa shape index (κ2) is 5.88. The minimum atomic E-state index is -0.343. The van der Waals surface area contributed by atoms with Gasteiger partial charge in [0.25, 0.3) is 0 Å². The number of hydrogen-bond donors (Lipinski definition) is 2. The average Bonchev–Trinajstić information content (AvgIpc) is 2.33. The molecule has 0 saturated carbocycles. The van der Waals surface area contributed by atoms with Crippen molar-refractivity contribution in [3.63, 3.8) is 0 Å². The maximum atomic E-state index is 13.5. The van der Waals surface area contributed by atoms with Gasteiger partial charge >= 0.3 is 0 Å². The van der Waals surface area contributed by atoms with Gasteiger partial charge in [0.05, 0.1) is 16.1 Å². The summed E-state index contributed by atoms with van der Waals surface area (Å²) >= 11 is 11.9. The van der Waals surface area contributed by atoms with Crippen LogP contribution in [0.1, 0.15) is 22.7 Å². The van der Waals surface area contributed by atoms with E-state index in [1.165, 1.54) is 12.1 Å². The van der Waals surface area contributed by atoms with Gasteiger partial charge < -0.3 is 0 Å². The van der Waals surface area contributed by atoms with E-state index < -0.39 is 0 Å². The summed E-state index contributed by atoms with van der Waals surface area (Å²) in [6, 6.07) is 9.65. The van der Waals surface area contributed by atoms with Gasteiger partial charge in [-0.25, -0.2) is 9.82 Å². The molecule has 0 aliphatic carbocycles. The van der Waals surface area contributed by atoms with Crippen molar-refractivity contribution >= 4 is 23.2 Å².